The van der Waals surface area contributed by atoms with Gasteiger partial charge in [0.1, 0.15) is 5.84 Å². The van der Waals surface area contributed by atoms with Gasteiger partial charge in [-0.25, -0.2) is 0 Å². The van der Waals surface area contributed by atoms with Crippen LogP contribution in [0, 0.1) is 5.41 Å². The van der Waals surface area contributed by atoms with E-state index in [1.807, 2.05) is 30.3 Å². The van der Waals surface area contributed by atoms with Crippen molar-refractivity contribution >= 4 is 49.5 Å². The van der Waals surface area contributed by atoms with E-state index in [0.29, 0.717) is 0 Å². The Hall–Kier alpha value is -0.780. The Bertz CT molecular complexity index is 599. The van der Waals surface area contributed by atoms with Crippen molar-refractivity contribution in [1.29, 1.82) is 5.41 Å². The SMILES string of the molecule is N=C(N)c1ccc(Sc2cccc(Br)c2)c(Br)c1. The van der Waals surface area contributed by atoms with Crippen LogP contribution in [0.2, 0.25) is 0 Å². The number of amidine groups is 1. The first-order chi connectivity index (χ1) is 8.56. The predicted octanol–water partition coefficient (Wildman–Crippen LogP) is 4.65. The van der Waals surface area contributed by atoms with Crippen molar-refractivity contribution in [2.24, 2.45) is 5.73 Å². The second kappa shape index (κ2) is 5.91. The maximum Gasteiger partial charge on any atom is 0.122 e. The van der Waals surface area contributed by atoms with Gasteiger partial charge >= 0.3 is 0 Å². The first kappa shape index (κ1) is 13.6. The Balaban J connectivity index is 2.27. The standard InChI is InChI=1S/C13H10Br2N2S/c14-9-2-1-3-10(7-9)18-12-5-4-8(13(16)17)6-11(12)15/h1-7H,(H3,16,17). The minimum Gasteiger partial charge on any atom is -0.384 e. The summed E-state index contributed by atoms with van der Waals surface area (Å²) in [5.74, 6) is 0.0784. The van der Waals surface area contributed by atoms with E-state index in [4.69, 9.17) is 11.1 Å². The summed E-state index contributed by atoms with van der Waals surface area (Å²) in [5.41, 5.74) is 6.18. The molecule has 0 bridgehead atoms. The molecule has 0 unspecified atom stereocenters. The smallest absolute Gasteiger partial charge is 0.122 e. The van der Waals surface area contributed by atoms with Crippen LogP contribution in [0.4, 0.5) is 0 Å². The van der Waals surface area contributed by atoms with Crippen LogP contribution in [0.1, 0.15) is 5.56 Å². The van der Waals surface area contributed by atoms with Gasteiger partial charge in [0.15, 0.2) is 0 Å². The molecular weight excluding hydrogens is 376 g/mol. The Kier molecular flexibility index (Phi) is 4.48. The number of rotatable bonds is 3. The van der Waals surface area contributed by atoms with Crippen molar-refractivity contribution in [3.63, 3.8) is 0 Å². The normalized spacial score (nSPS) is 10.3. The molecule has 3 N–H and O–H groups in total. The zero-order chi connectivity index (χ0) is 13.1. The van der Waals surface area contributed by atoms with Crippen molar-refractivity contribution < 1.29 is 0 Å². The molecule has 5 heteroatoms. The van der Waals surface area contributed by atoms with Gasteiger partial charge < -0.3 is 5.73 Å². The molecule has 0 heterocycles. The zero-order valence-electron chi connectivity index (χ0n) is 9.28. The Morgan fingerprint density at radius 1 is 1.11 bits per heavy atom. The van der Waals surface area contributed by atoms with Crippen molar-refractivity contribution in [2.75, 3.05) is 0 Å². The predicted molar refractivity (Wildman–Crippen MR) is 83.4 cm³/mol. The van der Waals surface area contributed by atoms with E-state index in [2.05, 4.69) is 44.0 Å². The molecule has 0 aromatic heterocycles. The lowest BCUT2D eigenvalue weighted by molar-refractivity contribution is 1.34. The first-order valence-corrected chi connectivity index (χ1v) is 7.54. The van der Waals surface area contributed by atoms with E-state index in [1.165, 1.54) is 0 Å². The van der Waals surface area contributed by atoms with Gasteiger partial charge in [-0.15, -0.1) is 0 Å². The van der Waals surface area contributed by atoms with E-state index >= 15 is 0 Å². The van der Waals surface area contributed by atoms with Crippen LogP contribution in [0.25, 0.3) is 0 Å². The lowest BCUT2D eigenvalue weighted by Gasteiger charge is -2.06. The number of halogens is 2. The van der Waals surface area contributed by atoms with E-state index in [0.717, 1.165) is 24.3 Å². The molecule has 2 aromatic rings. The monoisotopic (exact) mass is 384 g/mol. The number of nitrogen functional groups attached to an aromatic ring is 1. The summed E-state index contributed by atoms with van der Waals surface area (Å²) in [4.78, 5) is 2.25. The van der Waals surface area contributed by atoms with Gasteiger partial charge in [0.05, 0.1) is 0 Å². The van der Waals surface area contributed by atoms with Crippen LogP contribution < -0.4 is 5.73 Å². The molecule has 0 aliphatic carbocycles. The summed E-state index contributed by atoms with van der Waals surface area (Å²) in [7, 11) is 0. The molecule has 0 atom stereocenters. The van der Waals surface area contributed by atoms with Crippen LogP contribution in [0.5, 0.6) is 0 Å². The van der Waals surface area contributed by atoms with E-state index < -0.39 is 0 Å². The maximum atomic E-state index is 7.40. The van der Waals surface area contributed by atoms with Crippen molar-refractivity contribution in [3.05, 3.63) is 57.0 Å². The second-order valence-corrected chi connectivity index (χ2v) is 6.50. The van der Waals surface area contributed by atoms with Gasteiger partial charge in [0, 0.05) is 24.3 Å². The fourth-order valence-corrected chi connectivity index (χ4v) is 3.46. The molecule has 0 saturated carbocycles. The third kappa shape index (κ3) is 3.37. The Labute approximate surface area is 127 Å². The summed E-state index contributed by atoms with van der Waals surface area (Å²) in [6.45, 7) is 0. The minimum absolute atomic E-state index is 0.0784. The third-order valence-electron chi connectivity index (χ3n) is 2.27. The largest absolute Gasteiger partial charge is 0.384 e. The molecule has 18 heavy (non-hydrogen) atoms. The van der Waals surface area contributed by atoms with Gasteiger partial charge in [-0.2, -0.15) is 0 Å². The fourth-order valence-electron chi connectivity index (χ4n) is 1.41. The molecule has 92 valence electrons. The topological polar surface area (TPSA) is 49.9 Å². The zero-order valence-corrected chi connectivity index (χ0v) is 13.3. The first-order valence-electron chi connectivity index (χ1n) is 5.13. The van der Waals surface area contributed by atoms with Gasteiger partial charge in [-0.1, -0.05) is 39.8 Å². The van der Waals surface area contributed by atoms with E-state index in [1.54, 1.807) is 11.8 Å². The summed E-state index contributed by atoms with van der Waals surface area (Å²) >= 11 is 8.62. The molecule has 0 aliphatic heterocycles. The van der Waals surface area contributed by atoms with E-state index in [-0.39, 0.29) is 5.84 Å². The Morgan fingerprint density at radius 3 is 2.50 bits per heavy atom. The highest BCUT2D eigenvalue weighted by molar-refractivity contribution is 9.10. The number of hydrogen-bond donors (Lipinski definition) is 2. The molecule has 0 amide bonds. The number of nitrogens with two attached hydrogens (primary N) is 1. The van der Waals surface area contributed by atoms with Crippen molar-refractivity contribution in [1.82, 2.24) is 0 Å². The molecule has 0 aliphatic rings. The quantitative estimate of drug-likeness (QED) is 0.596. The van der Waals surface area contributed by atoms with Crippen molar-refractivity contribution in [2.45, 2.75) is 9.79 Å². The highest BCUT2D eigenvalue weighted by Gasteiger charge is 2.05. The highest BCUT2D eigenvalue weighted by Crippen LogP contribution is 2.34. The molecule has 0 fully saturated rings. The van der Waals surface area contributed by atoms with Crippen LogP contribution in [-0.4, -0.2) is 5.84 Å². The number of nitrogens with one attached hydrogen (secondary N) is 1. The van der Waals surface area contributed by atoms with E-state index in [9.17, 15) is 0 Å². The summed E-state index contributed by atoms with van der Waals surface area (Å²) in [6.07, 6.45) is 0. The molecule has 0 spiro atoms. The highest BCUT2D eigenvalue weighted by atomic mass is 79.9. The van der Waals surface area contributed by atoms with Crippen LogP contribution in [0.3, 0.4) is 0 Å². The number of benzene rings is 2. The minimum atomic E-state index is 0.0784. The lowest BCUT2D eigenvalue weighted by atomic mass is 10.2. The van der Waals surface area contributed by atoms with Crippen LogP contribution >= 0.6 is 43.6 Å². The maximum absolute atomic E-state index is 7.40. The van der Waals surface area contributed by atoms with Gasteiger partial charge in [0.25, 0.3) is 0 Å². The molecule has 0 radical (unpaired) electrons. The van der Waals surface area contributed by atoms with Crippen molar-refractivity contribution in [3.8, 4) is 0 Å². The van der Waals surface area contributed by atoms with Crippen LogP contribution in [-0.2, 0) is 0 Å². The third-order valence-corrected chi connectivity index (χ3v) is 4.74. The molecule has 2 aromatic carbocycles. The summed E-state index contributed by atoms with van der Waals surface area (Å²) in [5, 5.41) is 7.40. The molecule has 0 saturated heterocycles. The number of hydrogen-bond acceptors (Lipinski definition) is 2. The average Bonchev–Trinajstić information content (AvgIpc) is 2.31. The molecule has 2 nitrogen and oxygen atoms in total. The fraction of sp³-hybridized carbons (Fsp3) is 0. The average molecular weight is 386 g/mol. The van der Waals surface area contributed by atoms with Gasteiger partial charge in [-0.3, -0.25) is 5.41 Å². The van der Waals surface area contributed by atoms with Crippen LogP contribution in [0.15, 0.2) is 61.2 Å². The molecule has 2 rings (SSSR count). The second-order valence-electron chi connectivity index (χ2n) is 3.62. The summed E-state index contributed by atoms with van der Waals surface area (Å²) in [6, 6.07) is 13.8. The molecular formula is C13H10Br2N2S. The lowest BCUT2D eigenvalue weighted by Crippen LogP contribution is -2.10. The van der Waals surface area contributed by atoms with Gasteiger partial charge in [-0.05, 0) is 46.3 Å². The van der Waals surface area contributed by atoms with Gasteiger partial charge in [0.2, 0.25) is 0 Å². The summed E-state index contributed by atoms with van der Waals surface area (Å²) < 4.78 is 2.00. The Morgan fingerprint density at radius 2 is 1.89 bits per heavy atom.